The number of ether oxygens (including phenoxy) is 1. The highest BCUT2D eigenvalue weighted by atomic mass is 32.2. The van der Waals surface area contributed by atoms with Gasteiger partial charge in [-0.1, -0.05) is 13.8 Å². The SMILES string of the molecule is CCOC(=O)CC1(C(C)C)SCCCS1. The molecule has 0 aromatic carbocycles. The van der Waals surface area contributed by atoms with E-state index in [1.807, 2.05) is 30.4 Å². The van der Waals surface area contributed by atoms with Crippen LogP contribution in [0, 0.1) is 5.92 Å². The quantitative estimate of drug-likeness (QED) is 0.714. The molecule has 1 saturated heterocycles. The average molecular weight is 248 g/mol. The van der Waals surface area contributed by atoms with E-state index in [4.69, 9.17) is 4.74 Å². The van der Waals surface area contributed by atoms with Crippen molar-refractivity contribution in [2.75, 3.05) is 18.1 Å². The highest BCUT2D eigenvalue weighted by Gasteiger charge is 2.39. The minimum atomic E-state index is -0.0481. The first-order valence-electron chi connectivity index (χ1n) is 5.54. The van der Waals surface area contributed by atoms with Crippen molar-refractivity contribution >= 4 is 29.5 Å². The standard InChI is InChI=1S/C11H20O2S2/c1-4-13-10(12)8-11(9(2)3)14-6-5-7-15-11/h9H,4-8H2,1-3H3. The molecule has 4 heteroatoms. The molecule has 1 fully saturated rings. The van der Waals surface area contributed by atoms with E-state index in [-0.39, 0.29) is 10.0 Å². The van der Waals surface area contributed by atoms with E-state index in [9.17, 15) is 4.79 Å². The fraction of sp³-hybridized carbons (Fsp3) is 0.909. The van der Waals surface area contributed by atoms with Crippen molar-refractivity contribution in [3.63, 3.8) is 0 Å². The minimum absolute atomic E-state index is 0.0481. The fourth-order valence-electron chi connectivity index (χ4n) is 1.64. The molecule has 0 aromatic rings. The Labute approximate surface area is 101 Å². The van der Waals surface area contributed by atoms with Crippen molar-refractivity contribution in [2.24, 2.45) is 5.92 Å². The molecular weight excluding hydrogens is 228 g/mol. The molecule has 0 radical (unpaired) electrons. The van der Waals surface area contributed by atoms with Gasteiger partial charge in [0, 0.05) is 0 Å². The van der Waals surface area contributed by atoms with Crippen molar-refractivity contribution in [1.29, 1.82) is 0 Å². The highest BCUT2D eigenvalue weighted by molar-refractivity contribution is 8.18. The van der Waals surface area contributed by atoms with Crippen molar-refractivity contribution in [2.45, 2.75) is 37.7 Å². The lowest BCUT2D eigenvalue weighted by molar-refractivity contribution is -0.143. The summed E-state index contributed by atoms with van der Waals surface area (Å²) in [6.45, 7) is 6.75. The number of carbonyl (C=O) groups is 1. The topological polar surface area (TPSA) is 26.3 Å². The summed E-state index contributed by atoms with van der Waals surface area (Å²) in [7, 11) is 0. The van der Waals surface area contributed by atoms with Crippen LogP contribution < -0.4 is 0 Å². The molecule has 0 unspecified atom stereocenters. The monoisotopic (exact) mass is 248 g/mol. The Morgan fingerprint density at radius 1 is 1.40 bits per heavy atom. The van der Waals surface area contributed by atoms with Crippen LogP contribution >= 0.6 is 23.5 Å². The van der Waals surface area contributed by atoms with Crippen LogP contribution in [0.25, 0.3) is 0 Å². The zero-order chi connectivity index (χ0) is 11.3. The first-order valence-corrected chi connectivity index (χ1v) is 7.51. The van der Waals surface area contributed by atoms with E-state index in [1.54, 1.807) is 0 Å². The van der Waals surface area contributed by atoms with Gasteiger partial charge in [-0.2, -0.15) is 0 Å². The third-order valence-electron chi connectivity index (χ3n) is 2.56. The zero-order valence-electron chi connectivity index (χ0n) is 9.75. The second-order valence-corrected chi connectivity index (χ2v) is 7.11. The Morgan fingerprint density at radius 3 is 2.47 bits per heavy atom. The summed E-state index contributed by atoms with van der Waals surface area (Å²) in [4.78, 5) is 11.6. The van der Waals surface area contributed by atoms with Crippen LogP contribution in [0.3, 0.4) is 0 Å². The third kappa shape index (κ3) is 3.59. The van der Waals surface area contributed by atoms with Gasteiger partial charge in [-0.05, 0) is 30.8 Å². The van der Waals surface area contributed by atoms with Crippen LogP contribution in [0.5, 0.6) is 0 Å². The Balaban J connectivity index is 2.60. The number of hydrogen-bond acceptors (Lipinski definition) is 4. The average Bonchev–Trinajstić information content (AvgIpc) is 2.19. The Kier molecular flexibility index (Phi) is 5.33. The summed E-state index contributed by atoms with van der Waals surface area (Å²) in [5.74, 6) is 2.81. The van der Waals surface area contributed by atoms with Gasteiger partial charge in [0.1, 0.15) is 0 Å². The molecule has 88 valence electrons. The van der Waals surface area contributed by atoms with E-state index in [0.717, 1.165) is 0 Å². The number of rotatable bonds is 4. The molecule has 0 saturated carbocycles. The molecule has 15 heavy (non-hydrogen) atoms. The van der Waals surface area contributed by atoms with Crippen molar-refractivity contribution in [3.8, 4) is 0 Å². The van der Waals surface area contributed by atoms with E-state index >= 15 is 0 Å². The molecule has 1 aliphatic heterocycles. The minimum Gasteiger partial charge on any atom is -0.466 e. The van der Waals surface area contributed by atoms with Gasteiger partial charge in [-0.25, -0.2) is 0 Å². The van der Waals surface area contributed by atoms with Crippen LogP contribution in [0.1, 0.15) is 33.6 Å². The van der Waals surface area contributed by atoms with Gasteiger partial charge >= 0.3 is 5.97 Å². The molecule has 1 heterocycles. The molecular formula is C11H20O2S2. The van der Waals surface area contributed by atoms with E-state index in [0.29, 0.717) is 18.9 Å². The molecule has 1 aliphatic rings. The second kappa shape index (κ2) is 6.04. The molecule has 0 N–H and O–H groups in total. The molecule has 0 aromatic heterocycles. The number of hydrogen-bond donors (Lipinski definition) is 0. The Morgan fingerprint density at radius 2 is 2.00 bits per heavy atom. The number of thioether (sulfide) groups is 2. The van der Waals surface area contributed by atoms with Crippen LogP contribution in [0.4, 0.5) is 0 Å². The molecule has 0 amide bonds. The van der Waals surface area contributed by atoms with Gasteiger partial charge in [0.05, 0.1) is 17.1 Å². The number of carbonyl (C=O) groups excluding carboxylic acids is 1. The molecule has 0 bridgehead atoms. The molecule has 1 rings (SSSR count). The zero-order valence-corrected chi connectivity index (χ0v) is 11.4. The second-order valence-electron chi connectivity index (χ2n) is 4.00. The Bertz CT molecular complexity index is 211. The molecule has 0 atom stereocenters. The predicted octanol–water partition coefficient (Wildman–Crippen LogP) is 3.16. The summed E-state index contributed by atoms with van der Waals surface area (Å²) >= 11 is 3.87. The van der Waals surface area contributed by atoms with E-state index in [1.165, 1.54) is 17.9 Å². The first kappa shape index (κ1) is 13.2. The highest BCUT2D eigenvalue weighted by Crippen LogP contribution is 2.49. The van der Waals surface area contributed by atoms with Crippen LogP contribution in [0.2, 0.25) is 0 Å². The first-order chi connectivity index (χ1) is 7.10. The lowest BCUT2D eigenvalue weighted by atomic mass is 10.1. The van der Waals surface area contributed by atoms with Gasteiger partial charge in [-0.15, -0.1) is 23.5 Å². The molecule has 2 nitrogen and oxygen atoms in total. The normalized spacial score (nSPS) is 20.3. The van der Waals surface area contributed by atoms with Gasteiger partial charge in [0.2, 0.25) is 0 Å². The van der Waals surface area contributed by atoms with Gasteiger partial charge < -0.3 is 4.74 Å². The largest absolute Gasteiger partial charge is 0.466 e. The summed E-state index contributed by atoms with van der Waals surface area (Å²) in [6, 6.07) is 0. The van der Waals surface area contributed by atoms with Crippen molar-refractivity contribution < 1.29 is 9.53 Å². The van der Waals surface area contributed by atoms with Crippen LogP contribution in [-0.2, 0) is 9.53 Å². The van der Waals surface area contributed by atoms with Crippen LogP contribution in [-0.4, -0.2) is 28.2 Å². The molecule has 0 spiro atoms. The summed E-state index contributed by atoms with van der Waals surface area (Å²) in [6.07, 6.45) is 1.81. The summed E-state index contributed by atoms with van der Waals surface area (Å²) < 4.78 is 5.11. The maximum atomic E-state index is 11.6. The van der Waals surface area contributed by atoms with Gasteiger partial charge in [0.15, 0.2) is 0 Å². The third-order valence-corrected chi connectivity index (χ3v) is 6.46. The lowest BCUT2D eigenvalue weighted by Gasteiger charge is -2.38. The number of esters is 1. The maximum Gasteiger partial charge on any atom is 0.308 e. The van der Waals surface area contributed by atoms with Crippen molar-refractivity contribution in [1.82, 2.24) is 0 Å². The van der Waals surface area contributed by atoms with Gasteiger partial charge in [-0.3, -0.25) is 4.79 Å². The van der Waals surface area contributed by atoms with Crippen LogP contribution in [0.15, 0.2) is 0 Å². The fourth-order valence-corrected chi connectivity index (χ4v) is 5.03. The van der Waals surface area contributed by atoms with Crippen molar-refractivity contribution in [3.05, 3.63) is 0 Å². The van der Waals surface area contributed by atoms with E-state index < -0.39 is 0 Å². The maximum absolute atomic E-state index is 11.6. The smallest absolute Gasteiger partial charge is 0.308 e. The predicted molar refractivity (Wildman–Crippen MR) is 68.4 cm³/mol. The van der Waals surface area contributed by atoms with Gasteiger partial charge in [0.25, 0.3) is 0 Å². The Hall–Kier alpha value is 0.170. The summed E-state index contributed by atoms with van der Waals surface area (Å²) in [5.41, 5.74) is 0. The molecule has 0 aliphatic carbocycles. The summed E-state index contributed by atoms with van der Waals surface area (Å²) in [5, 5.41) is 0. The van der Waals surface area contributed by atoms with E-state index in [2.05, 4.69) is 13.8 Å². The lowest BCUT2D eigenvalue weighted by Crippen LogP contribution is -2.34.